The minimum atomic E-state index is -0.714. The predicted octanol–water partition coefficient (Wildman–Crippen LogP) is 2.42. The first-order valence-corrected chi connectivity index (χ1v) is 8.37. The van der Waals surface area contributed by atoms with Gasteiger partial charge in [0.25, 0.3) is 11.5 Å². The molecule has 148 valence electrons. The second-order valence-electron chi connectivity index (χ2n) is 5.78. The van der Waals surface area contributed by atoms with E-state index in [1.165, 1.54) is 50.6 Å². The Hall–Kier alpha value is -4.01. The third-order valence-electron chi connectivity index (χ3n) is 3.98. The lowest BCUT2D eigenvalue weighted by molar-refractivity contribution is 0.0602. The van der Waals surface area contributed by atoms with Crippen LogP contribution in [0, 0.1) is 5.82 Å². The van der Waals surface area contributed by atoms with Crippen molar-refractivity contribution in [3.63, 3.8) is 0 Å². The third kappa shape index (κ3) is 4.13. The van der Waals surface area contributed by atoms with Gasteiger partial charge in [-0.2, -0.15) is 9.78 Å². The van der Waals surface area contributed by atoms with Crippen LogP contribution < -0.4 is 15.6 Å². The van der Waals surface area contributed by atoms with Crippen molar-refractivity contribution < 1.29 is 23.5 Å². The molecule has 9 heteroatoms. The molecular weight excluding hydrogens is 381 g/mol. The van der Waals surface area contributed by atoms with E-state index in [0.717, 1.165) is 10.7 Å². The summed E-state index contributed by atoms with van der Waals surface area (Å²) in [5.74, 6) is -1.87. The van der Waals surface area contributed by atoms with E-state index in [1.807, 2.05) is 0 Å². The van der Waals surface area contributed by atoms with Crippen LogP contribution in [-0.2, 0) is 4.74 Å². The molecule has 1 heterocycles. The minimum absolute atomic E-state index is 0.0542. The monoisotopic (exact) mass is 397 g/mol. The van der Waals surface area contributed by atoms with Crippen molar-refractivity contribution >= 4 is 17.6 Å². The van der Waals surface area contributed by atoms with Crippen LogP contribution in [0.1, 0.15) is 20.8 Å². The maximum atomic E-state index is 13.2. The molecule has 0 unspecified atom stereocenters. The number of nitrogens with one attached hydrogen (secondary N) is 1. The Bertz CT molecular complexity index is 1130. The Balaban J connectivity index is 2.03. The lowest BCUT2D eigenvalue weighted by Crippen LogP contribution is -2.26. The van der Waals surface area contributed by atoms with Gasteiger partial charge in [-0.1, -0.05) is 12.1 Å². The topological polar surface area (TPSA) is 99.5 Å². The third-order valence-corrected chi connectivity index (χ3v) is 3.98. The average molecular weight is 397 g/mol. The maximum absolute atomic E-state index is 13.2. The van der Waals surface area contributed by atoms with Gasteiger partial charge in [-0.25, -0.2) is 9.18 Å². The molecule has 0 aliphatic rings. The molecule has 2 aromatic carbocycles. The molecule has 0 fully saturated rings. The summed E-state index contributed by atoms with van der Waals surface area (Å²) in [7, 11) is 2.52. The van der Waals surface area contributed by atoms with Crippen LogP contribution >= 0.6 is 0 Å². The summed E-state index contributed by atoms with van der Waals surface area (Å²) >= 11 is 0. The second kappa shape index (κ2) is 8.34. The van der Waals surface area contributed by atoms with E-state index in [2.05, 4.69) is 10.4 Å². The number of anilines is 1. The number of para-hydroxylation sites is 1. The molecule has 0 radical (unpaired) electrons. The van der Waals surface area contributed by atoms with Crippen molar-refractivity contribution in [1.29, 1.82) is 0 Å². The smallest absolute Gasteiger partial charge is 0.339 e. The maximum Gasteiger partial charge on any atom is 0.339 e. The molecule has 29 heavy (non-hydrogen) atoms. The van der Waals surface area contributed by atoms with E-state index < -0.39 is 23.3 Å². The first kappa shape index (κ1) is 19.7. The van der Waals surface area contributed by atoms with Gasteiger partial charge in [0.05, 0.1) is 37.2 Å². The van der Waals surface area contributed by atoms with Gasteiger partial charge in [0.15, 0.2) is 11.4 Å². The van der Waals surface area contributed by atoms with Crippen LogP contribution in [0.4, 0.5) is 10.1 Å². The molecule has 8 nitrogen and oxygen atoms in total. The minimum Gasteiger partial charge on any atom is -0.494 e. The van der Waals surface area contributed by atoms with E-state index in [1.54, 1.807) is 12.1 Å². The zero-order valence-electron chi connectivity index (χ0n) is 15.5. The van der Waals surface area contributed by atoms with Crippen LogP contribution in [0.2, 0.25) is 0 Å². The summed E-state index contributed by atoms with van der Waals surface area (Å²) in [6.45, 7) is 0. The van der Waals surface area contributed by atoms with Gasteiger partial charge in [0.1, 0.15) is 5.82 Å². The van der Waals surface area contributed by atoms with E-state index in [0.29, 0.717) is 0 Å². The molecule has 1 N–H and O–H groups in total. The number of methoxy groups -OCH3 is 2. The normalized spacial score (nSPS) is 10.3. The SMILES string of the molecule is COC(=O)c1ccccc1NC(=O)c1nn(-c2ccc(F)cc2)c(=O)cc1OC. The van der Waals surface area contributed by atoms with Gasteiger partial charge in [-0.3, -0.25) is 9.59 Å². The van der Waals surface area contributed by atoms with Gasteiger partial charge >= 0.3 is 5.97 Å². The summed E-state index contributed by atoms with van der Waals surface area (Å²) in [4.78, 5) is 37.1. The molecule has 3 rings (SSSR count). The number of esters is 1. The van der Waals surface area contributed by atoms with Crippen molar-refractivity contribution in [2.45, 2.75) is 0 Å². The van der Waals surface area contributed by atoms with E-state index >= 15 is 0 Å². The van der Waals surface area contributed by atoms with Crippen LogP contribution in [0.5, 0.6) is 5.75 Å². The first-order valence-electron chi connectivity index (χ1n) is 8.37. The molecule has 1 amide bonds. The molecule has 3 aromatic rings. The van der Waals surface area contributed by atoms with Crippen molar-refractivity contribution in [1.82, 2.24) is 9.78 Å². The van der Waals surface area contributed by atoms with Gasteiger partial charge in [-0.05, 0) is 36.4 Å². The quantitative estimate of drug-likeness (QED) is 0.664. The molecule has 0 aliphatic carbocycles. The number of carbonyl (C=O) groups is 2. The fourth-order valence-corrected chi connectivity index (χ4v) is 2.58. The van der Waals surface area contributed by atoms with Gasteiger partial charge in [-0.15, -0.1) is 0 Å². The molecule has 0 bridgehead atoms. The highest BCUT2D eigenvalue weighted by atomic mass is 19.1. The number of halogens is 1. The number of amides is 1. The summed E-state index contributed by atoms with van der Waals surface area (Å²) in [6, 6.07) is 12.4. The zero-order valence-corrected chi connectivity index (χ0v) is 15.5. The Morgan fingerprint density at radius 1 is 1.07 bits per heavy atom. The van der Waals surface area contributed by atoms with Crippen LogP contribution in [0.15, 0.2) is 59.4 Å². The predicted molar refractivity (Wildman–Crippen MR) is 102 cm³/mol. The number of aromatic nitrogens is 2. The highest BCUT2D eigenvalue weighted by Crippen LogP contribution is 2.20. The second-order valence-corrected chi connectivity index (χ2v) is 5.78. The Morgan fingerprint density at radius 3 is 2.41 bits per heavy atom. The fourth-order valence-electron chi connectivity index (χ4n) is 2.58. The van der Waals surface area contributed by atoms with E-state index in [4.69, 9.17) is 9.47 Å². The lowest BCUT2D eigenvalue weighted by atomic mass is 10.1. The Morgan fingerprint density at radius 2 is 1.76 bits per heavy atom. The molecule has 0 spiro atoms. The number of hydrogen-bond donors (Lipinski definition) is 1. The van der Waals surface area contributed by atoms with Crippen LogP contribution in [0.3, 0.4) is 0 Å². The summed E-state index contributed by atoms with van der Waals surface area (Å²) in [5, 5.41) is 6.63. The van der Waals surface area contributed by atoms with Gasteiger partial charge in [0.2, 0.25) is 0 Å². The van der Waals surface area contributed by atoms with Crippen molar-refractivity contribution in [2.24, 2.45) is 0 Å². The van der Waals surface area contributed by atoms with Crippen LogP contribution in [-0.4, -0.2) is 35.9 Å². The largest absolute Gasteiger partial charge is 0.494 e. The van der Waals surface area contributed by atoms with E-state index in [-0.39, 0.29) is 28.4 Å². The number of carbonyl (C=O) groups excluding carboxylic acids is 2. The molecule has 0 atom stereocenters. The fraction of sp³-hybridized carbons (Fsp3) is 0.100. The van der Waals surface area contributed by atoms with Gasteiger partial charge < -0.3 is 14.8 Å². The highest BCUT2D eigenvalue weighted by Gasteiger charge is 2.20. The van der Waals surface area contributed by atoms with Gasteiger partial charge in [0, 0.05) is 0 Å². The Labute approximate surface area is 164 Å². The van der Waals surface area contributed by atoms with Crippen molar-refractivity contribution in [2.75, 3.05) is 19.5 Å². The van der Waals surface area contributed by atoms with Crippen LogP contribution in [0.25, 0.3) is 5.69 Å². The summed E-state index contributed by atoms with van der Waals surface area (Å²) in [5.41, 5.74) is -0.152. The highest BCUT2D eigenvalue weighted by molar-refractivity contribution is 6.08. The van der Waals surface area contributed by atoms with E-state index in [9.17, 15) is 18.8 Å². The number of nitrogens with zero attached hydrogens (tertiary/aromatic N) is 2. The number of ether oxygens (including phenoxy) is 2. The average Bonchev–Trinajstić information content (AvgIpc) is 2.74. The zero-order chi connectivity index (χ0) is 21.0. The summed E-state index contributed by atoms with van der Waals surface area (Å²) < 4.78 is 23.9. The molecule has 1 aromatic heterocycles. The molecule has 0 aliphatic heterocycles. The lowest BCUT2D eigenvalue weighted by Gasteiger charge is -2.13. The molecule has 0 saturated carbocycles. The summed E-state index contributed by atoms with van der Waals surface area (Å²) in [6.07, 6.45) is 0. The first-order chi connectivity index (χ1) is 13.9. The molecular formula is C20H16FN3O5. The van der Waals surface area contributed by atoms with Crippen molar-refractivity contribution in [3.8, 4) is 11.4 Å². The number of hydrogen-bond acceptors (Lipinski definition) is 6. The number of benzene rings is 2. The molecule has 0 saturated heterocycles. The Kier molecular flexibility index (Phi) is 5.68. The number of rotatable bonds is 5. The standard InChI is InChI=1S/C20H16FN3O5/c1-28-16-11-17(25)24(13-9-7-12(21)8-10-13)23-18(16)19(26)22-15-6-4-3-5-14(15)20(27)29-2/h3-11H,1-2H3,(H,22,26). The van der Waals surface area contributed by atoms with Crippen molar-refractivity contribution in [3.05, 3.63) is 82.0 Å².